The topological polar surface area (TPSA) is 84.4 Å². The van der Waals surface area contributed by atoms with E-state index in [0.29, 0.717) is 11.6 Å². The SMILES string of the molecule is CC(CC(N)=NO)Sc1ncccn1. The lowest BCUT2D eigenvalue weighted by Crippen LogP contribution is -2.16. The number of hydrogen-bond acceptors (Lipinski definition) is 5. The number of hydrogen-bond donors (Lipinski definition) is 2. The average molecular weight is 212 g/mol. The fourth-order valence-electron chi connectivity index (χ4n) is 0.903. The van der Waals surface area contributed by atoms with Gasteiger partial charge in [-0.3, -0.25) is 0 Å². The van der Waals surface area contributed by atoms with Crippen molar-refractivity contribution >= 4 is 17.6 Å². The summed E-state index contributed by atoms with van der Waals surface area (Å²) in [4.78, 5) is 8.12. The van der Waals surface area contributed by atoms with Crippen molar-refractivity contribution < 1.29 is 5.21 Å². The van der Waals surface area contributed by atoms with E-state index >= 15 is 0 Å². The zero-order chi connectivity index (χ0) is 10.4. The summed E-state index contributed by atoms with van der Waals surface area (Å²) in [6.45, 7) is 1.97. The maximum atomic E-state index is 8.37. The number of nitrogens with two attached hydrogens (primary N) is 1. The molecule has 0 aliphatic carbocycles. The normalized spacial score (nSPS) is 13.9. The van der Waals surface area contributed by atoms with Gasteiger partial charge in [-0.15, -0.1) is 0 Å². The van der Waals surface area contributed by atoms with Crippen molar-refractivity contribution in [3.8, 4) is 0 Å². The van der Waals surface area contributed by atoms with Crippen LogP contribution in [0.4, 0.5) is 0 Å². The first-order valence-corrected chi connectivity index (χ1v) is 5.00. The summed E-state index contributed by atoms with van der Waals surface area (Å²) in [6, 6.07) is 1.76. The molecular weight excluding hydrogens is 200 g/mol. The first kappa shape index (κ1) is 10.8. The van der Waals surface area contributed by atoms with Gasteiger partial charge in [0.25, 0.3) is 0 Å². The first-order chi connectivity index (χ1) is 6.72. The van der Waals surface area contributed by atoms with Gasteiger partial charge in [0.2, 0.25) is 0 Å². The third-order valence-electron chi connectivity index (χ3n) is 1.47. The molecule has 14 heavy (non-hydrogen) atoms. The minimum absolute atomic E-state index is 0.188. The van der Waals surface area contributed by atoms with E-state index in [2.05, 4.69) is 15.1 Å². The minimum atomic E-state index is 0.188. The number of rotatable bonds is 4. The maximum Gasteiger partial charge on any atom is 0.187 e. The van der Waals surface area contributed by atoms with Gasteiger partial charge in [0, 0.05) is 24.1 Å². The Morgan fingerprint density at radius 3 is 2.86 bits per heavy atom. The Labute approximate surface area is 86.4 Å². The van der Waals surface area contributed by atoms with Crippen LogP contribution in [0.25, 0.3) is 0 Å². The van der Waals surface area contributed by atoms with E-state index in [1.807, 2.05) is 6.92 Å². The van der Waals surface area contributed by atoms with Gasteiger partial charge in [-0.1, -0.05) is 23.8 Å². The Bertz CT molecular complexity index is 303. The third-order valence-corrected chi connectivity index (χ3v) is 2.46. The second kappa shape index (κ2) is 5.43. The molecule has 0 saturated carbocycles. The highest BCUT2D eigenvalue weighted by atomic mass is 32.2. The van der Waals surface area contributed by atoms with Crippen LogP contribution in [0.2, 0.25) is 0 Å². The molecule has 1 rings (SSSR count). The molecule has 1 aromatic heterocycles. The molecule has 1 heterocycles. The number of aromatic nitrogens is 2. The lowest BCUT2D eigenvalue weighted by atomic mass is 10.3. The van der Waals surface area contributed by atoms with Crippen molar-refractivity contribution in [1.29, 1.82) is 0 Å². The molecule has 0 saturated heterocycles. The molecule has 0 spiro atoms. The molecular formula is C8H12N4OS. The van der Waals surface area contributed by atoms with Crippen LogP contribution in [0.1, 0.15) is 13.3 Å². The summed E-state index contributed by atoms with van der Waals surface area (Å²) >= 11 is 1.49. The van der Waals surface area contributed by atoms with E-state index in [4.69, 9.17) is 10.9 Å². The Balaban J connectivity index is 2.45. The molecule has 1 atom stereocenters. The first-order valence-electron chi connectivity index (χ1n) is 4.12. The molecule has 5 nitrogen and oxygen atoms in total. The summed E-state index contributed by atoms with van der Waals surface area (Å²) < 4.78 is 0. The molecule has 0 aliphatic heterocycles. The van der Waals surface area contributed by atoms with Crippen molar-refractivity contribution in [2.45, 2.75) is 23.8 Å². The molecule has 0 radical (unpaired) electrons. The van der Waals surface area contributed by atoms with E-state index in [-0.39, 0.29) is 11.1 Å². The van der Waals surface area contributed by atoms with Gasteiger partial charge in [0.15, 0.2) is 5.16 Å². The Morgan fingerprint density at radius 1 is 1.64 bits per heavy atom. The average Bonchev–Trinajstić information content (AvgIpc) is 2.19. The molecule has 0 bridgehead atoms. The van der Waals surface area contributed by atoms with Gasteiger partial charge in [-0.2, -0.15) is 0 Å². The van der Waals surface area contributed by atoms with Gasteiger partial charge in [-0.05, 0) is 6.07 Å². The maximum absolute atomic E-state index is 8.37. The molecule has 3 N–H and O–H groups in total. The minimum Gasteiger partial charge on any atom is -0.409 e. The standard InChI is InChI=1S/C8H12N4OS/c1-6(5-7(9)12-13)14-8-10-3-2-4-11-8/h2-4,6,13H,5H2,1H3,(H2,9,12). The summed E-state index contributed by atoms with van der Waals surface area (Å²) in [7, 11) is 0. The van der Waals surface area contributed by atoms with E-state index in [1.165, 1.54) is 11.8 Å². The summed E-state index contributed by atoms with van der Waals surface area (Å²) in [5.41, 5.74) is 5.37. The third kappa shape index (κ3) is 3.61. The lowest BCUT2D eigenvalue weighted by Gasteiger charge is -2.07. The summed E-state index contributed by atoms with van der Waals surface area (Å²) in [5.74, 6) is 0.223. The highest BCUT2D eigenvalue weighted by Crippen LogP contribution is 2.20. The van der Waals surface area contributed by atoms with E-state index in [9.17, 15) is 0 Å². The molecule has 0 amide bonds. The molecule has 1 aromatic rings. The monoisotopic (exact) mass is 212 g/mol. The van der Waals surface area contributed by atoms with Crippen LogP contribution in [0.5, 0.6) is 0 Å². The highest BCUT2D eigenvalue weighted by Gasteiger charge is 2.08. The van der Waals surface area contributed by atoms with Crippen LogP contribution in [-0.4, -0.2) is 26.3 Å². The predicted molar refractivity (Wildman–Crippen MR) is 55.4 cm³/mol. The van der Waals surface area contributed by atoms with E-state index in [1.54, 1.807) is 18.5 Å². The van der Waals surface area contributed by atoms with Crippen LogP contribution < -0.4 is 5.73 Å². The van der Waals surface area contributed by atoms with Crippen LogP contribution in [-0.2, 0) is 0 Å². The predicted octanol–water partition coefficient (Wildman–Crippen LogP) is 1.09. The molecule has 0 fully saturated rings. The molecule has 6 heteroatoms. The van der Waals surface area contributed by atoms with Crippen LogP contribution >= 0.6 is 11.8 Å². The fraction of sp³-hybridized carbons (Fsp3) is 0.375. The highest BCUT2D eigenvalue weighted by molar-refractivity contribution is 7.99. The quantitative estimate of drug-likeness (QED) is 0.195. The van der Waals surface area contributed by atoms with Gasteiger partial charge < -0.3 is 10.9 Å². The fourth-order valence-corrected chi connectivity index (χ4v) is 1.76. The van der Waals surface area contributed by atoms with Crippen molar-refractivity contribution in [1.82, 2.24) is 9.97 Å². The molecule has 0 aliphatic rings. The van der Waals surface area contributed by atoms with E-state index < -0.39 is 0 Å². The Morgan fingerprint density at radius 2 is 2.29 bits per heavy atom. The second-order valence-electron chi connectivity index (χ2n) is 2.76. The van der Waals surface area contributed by atoms with Gasteiger partial charge in [0.05, 0.1) is 0 Å². The zero-order valence-electron chi connectivity index (χ0n) is 7.79. The smallest absolute Gasteiger partial charge is 0.187 e. The summed E-state index contributed by atoms with van der Waals surface area (Å²) in [5, 5.41) is 12.2. The van der Waals surface area contributed by atoms with Gasteiger partial charge in [0.1, 0.15) is 5.84 Å². The molecule has 0 aromatic carbocycles. The van der Waals surface area contributed by atoms with Crippen LogP contribution in [0.15, 0.2) is 28.8 Å². The van der Waals surface area contributed by atoms with Crippen molar-refractivity contribution in [3.63, 3.8) is 0 Å². The van der Waals surface area contributed by atoms with E-state index in [0.717, 1.165) is 0 Å². The largest absolute Gasteiger partial charge is 0.409 e. The second-order valence-corrected chi connectivity index (χ2v) is 4.16. The summed E-state index contributed by atoms with van der Waals surface area (Å²) in [6.07, 6.45) is 3.89. The van der Waals surface area contributed by atoms with Crippen LogP contribution in [0, 0.1) is 0 Å². The van der Waals surface area contributed by atoms with Crippen molar-refractivity contribution in [2.24, 2.45) is 10.9 Å². The molecule has 1 unspecified atom stereocenters. The van der Waals surface area contributed by atoms with Crippen molar-refractivity contribution in [3.05, 3.63) is 18.5 Å². The number of thioether (sulfide) groups is 1. The Kier molecular flexibility index (Phi) is 4.18. The zero-order valence-corrected chi connectivity index (χ0v) is 8.61. The lowest BCUT2D eigenvalue weighted by molar-refractivity contribution is 0.317. The van der Waals surface area contributed by atoms with Crippen molar-refractivity contribution in [2.75, 3.05) is 0 Å². The van der Waals surface area contributed by atoms with Crippen LogP contribution in [0.3, 0.4) is 0 Å². The Hall–Kier alpha value is -1.30. The number of amidine groups is 1. The molecule has 76 valence electrons. The number of oxime groups is 1. The van der Waals surface area contributed by atoms with Gasteiger partial charge >= 0.3 is 0 Å². The number of nitrogens with zero attached hydrogens (tertiary/aromatic N) is 3. The van der Waals surface area contributed by atoms with Gasteiger partial charge in [-0.25, -0.2) is 9.97 Å².